The molecule has 21 heavy (non-hydrogen) atoms. The summed E-state index contributed by atoms with van der Waals surface area (Å²) < 4.78 is 22.9. The third-order valence-corrected chi connectivity index (χ3v) is 4.80. The number of aromatic nitrogens is 2. The summed E-state index contributed by atoms with van der Waals surface area (Å²) in [7, 11) is -3.14. The third-order valence-electron chi connectivity index (χ3n) is 3.67. The number of sulfone groups is 1. The molecule has 2 rings (SSSR count). The molecule has 2 aromatic rings. The summed E-state index contributed by atoms with van der Waals surface area (Å²) in [5, 5.41) is 10.6. The Labute approximate surface area is 125 Å². The fourth-order valence-electron chi connectivity index (χ4n) is 2.21. The number of nitrogens with zero attached hydrogens (tertiary/aromatic N) is 1. The minimum atomic E-state index is -3.14. The number of hydrogen-bond acceptors (Lipinski definition) is 4. The lowest BCUT2D eigenvalue weighted by atomic mass is 10.1. The quantitative estimate of drug-likeness (QED) is 0.888. The highest BCUT2D eigenvalue weighted by Gasteiger charge is 2.11. The molecule has 0 aliphatic carbocycles. The summed E-state index contributed by atoms with van der Waals surface area (Å²) in [5.74, 6) is 0. The maximum absolute atomic E-state index is 11.4. The van der Waals surface area contributed by atoms with Gasteiger partial charge >= 0.3 is 0 Å². The van der Waals surface area contributed by atoms with E-state index < -0.39 is 9.84 Å². The number of aromatic amines is 1. The molecule has 114 valence electrons. The van der Waals surface area contributed by atoms with Crippen LogP contribution in [0.3, 0.4) is 0 Å². The third kappa shape index (κ3) is 3.71. The Hall–Kier alpha value is -1.66. The molecular weight excluding hydrogens is 286 g/mol. The van der Waals surface area contributed by atoms with Gasteiger partial charge in [-0.2, -0.15) is 5.10 Å². The Kier molecular flexibility index (Phi) is 4.49. The summed E-state index contributed by atoms with van der Waals surface area (Å²) in [6, 6.07) is 7.13. The highest BCUT2D eigenvalue weighted by atomic mass is 32.2. The summed E-state index contributed by atoms with van der Waals surface area (Å²) in [6.45, 7) is 6.76. The number of aryl methyl sites for hydroxylation is 2. The Morgan fingerprint density at radius 2 is 1.86 bits per heavy atom. The second-order valence-corrected chi connectivity index (χ2v) is 7.37. The van der Waals surface area contributed by atoms with E-state index >= 15 is 0 Å². The van der Waals surface area contributed by atoms with Crippen LogP contribution in [0.1, 0.15) is 35.5 Å². The van der Waals surface area contributed by atoms with Crippen molar-refractivity contribution in [2.45, 2.75) is 38.3 Å². The maximum Gasteiger partial charge on any atom is 0.175 e. The van der Waals surface area contributed by atoms with Gasteiger partial charge in [0.05, 0.1) is 10.6 Å². The predicted octanol–water partition coefficient (Wildman–Crippen LogP) is 2.28. The van der Waals surface area contributed by atoms with E-state index in [-0.39, 0.29) is 6.04 Å². The molecule has 0 bridgehead atoms. The Morgan fingerprint density at radius 1 is 1.24 bits per heavy atom. The molecule has 0 amide bonds. The summed E-state index contributed by atoms with van der Waals surface area (Å²) in [4.78, 5) is 0.347. The minimum Gasteiger partial charge on any atom is -0.306 e. The minimum absolute atomic E-state index is 0.132. The van der Waals surface area contributed by atoms with E-state index in [0.29, 0.717) is 4.90 Å². The zero-order chi connectivity index (χ0) is 15.6. The molecule has 1 aromatic carbocycles. The normalized spacial score (nSPS) is 13.3. The zero-order valence-electron chi connectivity index (χ0n) is 12.8. The summed E-state index contributed by atoms with van der Waals surface area (Å²) >= 11 is 0. The highest BCUT2D eigenvalue weighted by molar-refractivity contribution is 7.90. The zero-order valence-corrected chi connectivity index (χ0v) is 13.6. The van der Waals surface area contributed by atoms with E-state index in [0.717, 1.165) is 23.5 Å². The Balaban J connectivity index is 2.05. The van der Waals surface area contributed by atoms with Crippen molar-refractivity contribution in [1.29, 1.82) is 0 Å². The lowest BCUT2D eigenvalue weighted by Gasteiger charge is -2.15. The second-order valence-electron chi connectivity index (χ2n) is 5.36. The molecule has 2 N–H and O–H groups in total. The van der Waals surface area contributed by atoms with Crippen molar-refractivity contribution >= 4 is 9.84 Å². The van der Waals surface area contributed by atoms with Crippen molar-refractivity contribution in [3.63, 3.8) is 0 Å². The summed E-state index contributed by atoms with van der Waals surface area (Å²) in [5.41, 5.74) is 4.30. The molecule has 1 heterocycles. The largest absolute Gasteiger partial charge is 0.306 e. The number of hydrogen-bond donors (Lipinski definition) is 2. The van der Waals surface area contributed by atoms with Crippen LogP contribution in [-0.2, 0) is 16.4 Å². The van der Waals surface area contributed by atoms with Gasteiger partial charge in [-0.05, 0) is 38.5 Å². The average molecular weight is 307 g/mol. The number of nitrogens with one attached hydrogen (secondary N) is 2. The van der Waals surface area contributed by atoms with Crippen LogP contribution in [0.2, 0.25) is 0 Å². The van der Waals surface area contributed by atoms with Gasteiger partial charge in [0.15, 0.2) is 9.84 Å². The lowest BCUT2D eigenvalue weighted by Crippen LogP contribution is -2.18. The van der Waals surface area contributed by atoms with E-state index in [1.165, 1.54) is 11.8 Å². The molecule has 0 saturated heterocycles. The van der Waals surface area contributed by atoms with Gasteiger partial charge in [-0.1, -0.05) is 12.1 Å². The van der Waals surface area contributed by atoms with Gasteiger partial charge < -0.3 is 5.32 Å². The fraction of sp³-hybridized carbons (Fsp3) is 0.400. The smallest absolute Gasteiger partial charge is 0.175 e. The first-order chi connectivity index (χ1) is 9.79. The van der Waals surface area contributed by atoms with Crippen LogP contribution >= 0.6 is 0 Å². The SMILES string of the molecule is Cc1n[nH]c(C)c1CNC(C)c1ccc(S(C)(=O)=O)cc1. The first-order valence-electron chi connectivity index (χ1n) is 6.83. The standard InChI is InChI=1S/C15H21N3O2S/c1-10(16-9-15-11(2)17-18-12(15)3)13-5-7-14(8-6-13)21(4,19)20/h5-8,10,16H,9H2,1-4H3,(H,17,18). The van der Waals surface area contributed by atoms with E-state index in [1.807, 2.05) is 26.0 Å². The molecule has 0 aliphatic heterocycles. The molecule has 0 aliphatic rings. The van der Waals surface area contributed by atoms with Crippen LogP contribution in [-0.4, -0.2) is 24.9 Å². The van der Waals surface area contributed by atoms with Crippen LogP contribution in [0, 0.1) is 13.8 Å². The molecule has 1 atom stereocenters. The highest BCUT2D eigenvalue weighted by Crippen LogP contribution is 2.17. The van der Waals surface area contributed by atoms with Crippen LogP contribution in [0.5, 0.6) is 0 Å². The van der Waals surface area contributed by atoms with Gasteiger partial charge in [0, 0.05) is 30.1 Å². The average Bonchev–Trinajstić information content (AvgIpc) is 2.75. The first-order valence-corrected chi connectivity index (χ1v) is 8.72. The molecule has 0 radical (unpaired) electrons. The van der Waals surface area contributed by atoms with Gasteiger partial charge in [0.25, 0.3) is 0 Å². The monoisotopic (exact) mass is 307 g/mol. The van der Waals surface area contributed by atoms with Crippen molar-refractivity contribution in [1.82, 2.24) is 15.5 Å². The van der Waals surface area contributed by atoms with Gasteiger partial charge in [-0.3, -0.25) is 5.10 Å². The molecule has 1 unspecified atom stereocenters. The van der Waals surface area contributed by atoms with Crippen LogP contribution in [0.15, 0.2) is 29.2 Å². The number of benzene rings is 1. The Morgan fingerprint density at radius 3 is 2.33 bits per heavy atom. The summed E-state index contributed by atoms with van der Waals surface area (Å²) in [6.07, 6.45) is 1.22. The van der Waals surface area contributed by atoms with E-state index in [1.54, 1.807) is 12.1 Å². The Bertz CT molecular complexity index is 698. The van der Waals surface area contributed by atoms with E-state index in [4.69, 9.17) is 0 Å². The topological polar surface area (TPSA) is 74.8 Å². The molecule has 0 fully saturated rings. The van der Waals surface area contributed by atoms with Gasteiger partial charge in [-0.15, -0.1) is 0 Å². The molecule has 1 aromatic heterocycles. The maximum atomic E-state index is 11.4. The van der Waals surface area contributed by atoms with E-state index in [2.05, 4.69) is 22.4 Å². The molecule has 6 heteroatoms. The van der Waals surface area contributed by atoms with Crippen LogP contribution < -0.4 is 5.32 Å². The van der Waals surface area contributed by atoms with Crippen molar-refractivity contribution in [2.75, 3.05) is 6.26 Å². The number of H-pyrrole nitrogens is 1. The van der Waals surface area contributed by atoms with Crippen molar-refractivity contribution < 1.29 is 8.42 Å². The van der Waals surface area contributed by atoms with E-state index in [9.17, 15) is 8.42 Å². The van der Waals surface area contributed by atoms with Crippen molar-refractivity contribution in [3.8, 4) is 0 Å². The van der Waals surface area contributed by atoms with Gasteiger partial charge in [0.2, 0.25) is 0 Å². The first kappa shape index (κ1) is 15.7. The van der Waals surface area contributed by atoms with Crippen LogP contribution in [0.25, 0.3) is 0 Å². The lowest BCUT2D eigenvalue weighted by molar-refractivity contribution is 0.571. The molecule has 5 nitrogen and oxygen atoms in total. The predicted molar refractivity (Wildman–Crippen MR) is 82.9 cm³/mol. The van der Waals surface area contributed by atoms with Crippen molar-refractivity contribution in [3.05, 3.63) is 46.8 Å². The molecule has 0 spiro atoms. The second kappa shape index (κ2) is 5.99. The number of rotatable bonds is 5. The van der Waals surface area contributed by atoms with Gasteiger partial charge in [0.1, 0.15) is 0 Å². The molecular formula is C15H21N3O2S. The van der Waals surface area contributed by atoms with Crippen LogP contribution in [0.4, 0.5) is 0 Å². The van der Waals surface area contributed by atoms with Crippen molar-refractivity contribution in [2.24, 2.45) is 0 Å². The fourth-order valence-corrected chi connectivity index (χ4v) is 2.84. The van der Waals surface area contributed by atoms with Gasteiger partial charge in [-0.25, -0.2) is 8.42 Å². The molecule has 0 saturated carbocycles.